The van der Waals surface area contributed by atoms with Crippen LogP contribution in [0.15, 0.2) is 71.6 Å². The first kappa shape index (κ1) is 22.4. The molecule has 0 heterocycles. The molecule has 0 spiro atoms. The van der Waals surface area contributed by atoms with E-state index in [4.69, 9.17) is 4.74 Å². The summed E-state index contributed by atoms with van der Waals surface area (Å²) in [6, 6.07) is 19.0. The number of hydrogen-bond donors (Lipinski definition) is 2. The molecule has 3 aromatic carbocycles. The highest BCUT2D eigenvalue weighted by Crippen LogP contribution is 2.23. The molecule has 0 bridgehead atoms. The van der Waals surface area contributed by atoms with Crippen molar-refractivity contribution in [1.29, 1.82) is 0 Å². The van der Waals surface area contributed by atoms with Crippen LogP contribution < -0.4 is 14.8 Å². The molecule has 31 heavy (non-hydrogen) atoms. The minimum absolute atomic E-state index is 0.0699. The summed E-state index contributed by atoms with van der Waals surface area (Å²) in [4.78, 5) is 12.9. The predicted molar refractivity (Wildman–Crippen MR) is 122 cm³/mol. The van der Waals surface area contributed by atoms with Crippen molar-refractivity contribution in [1.82, 2.24) is 5.32 Å². The molecule has 0 saturated heterocycles. The van der Waals surface area contributed by atoms with Gasteiger partial charge in [0.25, 0.3) is 15.9 Å². The molecule has 1 atom stereocenters. The Bertz CT molecular complexity index is 1190. The molecule has 6 nitrogen and oxygen atoms in total. The van der Waals surface area contributed by atoms with Crippen molar-refractivity contribution in [2.24, 2.45) is 0 Å². The van der Waals surface area contributed by atoms with Gasteiger partial charge >= 0.3 is 0 Å². The third-order valence-corrected chi connectivity index (χ3v) is 6.60. The van der Waals surface area contributed by atoms with Crippen molar-refractivity contribution in [3.8, 4) is 5.75 Å². The van der Waals surface area contributed by atoms with Crippen molar-refractivity contribution in [3.05, 3.63) is 89.0 Å². The van der Waals surface area contributed by atoms with Crippen LogP contribution in [0.3, 0.4) is 0 Å². The SMILES string of the molecule is COc1ccc([C@@H](C)NC(=O)c2ccc(C)c(S(=O)(=O)Nc3ccccc3C)c2)cc1. The molecule has 0 unspecified atom stereocenters. The highest BCUT2D eigenvalue weighted by molar-refractivity contribution is 7.92. The summed E-state index contributed by atoms with van der Waals surface area (Å²) in [5.74, 6) is 0.382. The van der Waals surface area contributed by atoms with Gasteiger partial charge in [0, 0.05) is 5.56 Å². The molecule has 3 aromatic rings. The maximum Gasteiger partial charge on any atom is 0.262 e. The summed E-state index contributed by atoms with van der Waals surface area (Å²) in [5, 5.41) is 2.91. The number of aryl methyl sites for hydroxylation is 2. The number of carbonyl (C=O) groups is 1. The van der Waals surface area contributed by atoms with Gasteiger partial charge in [-0.1, -0.05) is 36.4 Å². The molecule has 0 aliphatic rings. The Kier molecular flexibility index (Phi) is 6.65. The number of para-hydroxylation sites is 1. The van der Waals surface area contributed by atoms with Crippen LogP contribution in [-0.4, -0.2) is 21.4 Å². The molecule has 0 fully saturated rings. The minimum atomic E-state index is -3.85. The number of sulfonamides is 1. The molecular weight excluding hydrogens is 412 g/mol. The number of methoxy groups -OCH3 is 1. The molecule has 0 aliphatic carbocycles. The predicted octanol–water partition coefficient (Wildman–Crippen LogP) is 4.60. The fourth-order valence-electron chi connectivity index (χ4n) is 3.17. The maximum absolute atomic E-state index is 13.0. The first-order chi connectivity index (χ1) is 14.7. The Hall–Kier alpha value is -3.32. The van der Waals surface area contributed by atoms with E-state index in [0.717, 1.165) is 16.9 Å². The van der Waals surface area contributed by atoms with Gasteiger partial charge < -0.3 is 10.1 Å². The highest BCUT2D eigenvalue weighted by Gasteiger charge is 2.21. The van der Waals surface area contributed by atoms with Gasteiger partial charge in [-0.15, -0.1) is 0 Å². The molecule has 0 radical (unpaired) electrons. The van der Waals surface area contributed by atoms with E-state index in [0.29, 0.717) is 11.3 Å². The summed E-state index contributed by atoms with van der Waals surface area (Å²) in [7, 11) is -2.26. The minimum Gasteiger partial charge on any atom is -0.497 e. The van der Waals surface area contributed by atoms with E-state index in [9.17, 15) is 13.2 Å². The van der Waals surface area contributed by atoms with Crippen LogP contribution in [0.2, 0.25) is 0 Å². The first-order valence-electron chi connectivity index (χ1n) is 9.85. The topological polar surface area (TPSA) is 84.5 Å². The Morgan fingerprint density at radius 2 is 1.61 bits per heavy atom. The molecular formula is C24H26N2O4S. The van der Waals surface area contributed by atoms with E-state index in [1.165, 1.54) is 6.07 Å². The lowest BCUT2D eigenvalue weighted by Crippen LogP contribution is -2.27. The van der Waals surface area contributed by atoms with Crippen molar-refractivity contribution in [2.75, 3.05) is 11.8 Å². The maximum atomic E-state index is 13.0. The Balaban J connectivity index is 1.82. The average molecular weight is 439 g/mol. The van der Waals surface area contributed by atoms with Crippen molar-refractivity contribution >= 4 is 21.6 Å². The second-order valence-electron chi connectivity index (χ2n) is 7.37. The second kappa shape index (κ2) is 9.22. The van der Waals surface area contributed by atoms with Crippen molar-refractivity contribution in [3.63, 3.8) is 0 Å². The van der Waals surface area contributed by atoms with Gasteiger partial charge in [-0.3, -0.25) is 9.52 Å². The van der Waals surface area contributed by atoms with Gasteiger partial charge in [-0.2, -0.15) is 0 Å². The van der Waals surface area contributed by atoms with Gasteiger partial charge in [0.2, 0.25) is 0 Å². The van der Waals surface area contributed by atoms with Crippen LogP contribution in [0.4, 0.5) is 5.69 Å². The number of hydrogen-bond acceptors (Lipinski definition) is 4. The fraction of sp³-hybridized carbons (Fsp3) is 0.208. The summed E-state index contributed by atoms with van der Waals surface area (Å²) in [6.07, 6.45) is 0. The second-order valence-corrected chi connectivity index (χ2v) is 9.02. The summed E-state index contributed by atoms with van der Waals surface area (Å²) in [5.41, 5.74) is 3.06. The van der Waals surface area contributed by atoms with Gasteiger partial charge in [0.05, 0.1) is 23.7 Å². The third-order valence-electron chi connectivity index (χ3n) is 5.09. The highest BCUT2D eigenvalue weighted by atomic mass is 32.2. The van der Waals surface area contributed by atoms with E-state index >= 15 is 0 Å². The standard InChI is InChI=1S/C24H26N2O4S/c1-16-7-5-6-8-22(16)26-31(28,29)23-15-20(10-9-17(23)2)24(27)25-18(3)19-11-13-21(30-4)14-12-19/h5-15,18,26H,1-4H3,(H,25,27)/t18-/m1/s1. The smallest absolute Gasteiger partial charge is 0.262 e. The number of carbonyl (C=O) groups excluding carboxylic acids is 1. The Labute approximate surface area is 183 Å². The molecule has 0 aliphatic heterocycles. The number of nitrogens with one attached hydrogen (secondary N) is 2. The molecule has 3 rings (SSSR count). The van der Waals surface area contributed by atoms with Crippen molar-refractivity contribution in [2.45, 2.75) is 31.7 Å². The van der Waals surface area contributed by atoms with Crippen LogP contribution in [0, 0.1) is 13.8 Å². The number of benzene rings is 3. The number of amides is 1. The van der Waals surface area contributed by atoms with Gasteiger partial charge in [0.15, 0.2) is 0 Å². The number of anilines is 1. The lowest BCUT2D eigenvalue weighted by Gasteiger charge is -2.16. The Morgan fingerprint density at radius 3 is 2.26 bits per heavy atom. The van der Waals surface area contributed by atoms with E-state index in [2.05, 4.69) is 10.0 Å². The number of rotatable bonds is 7. The average Bonchev–Trinajstić information content (AvgIpc) is 2.75. The van der Waals surface area contributed by atoms with E-state index < -0.39 is 10.0 Å². The fourth-order valence-corrected chi connectivity index (χ4v) is 4.58. The zero-order valence-electron chi connectivity index (χ0n) is 18.0. The van der Waals surface area contributed by atoms with Crippen LogP contribution in [0.5, 0.6) is 5.75 Å². The molecule has 2 N–H and O–H groups in total. The first-order valence-corrected chi connectivity index (χ1v) is 11.3. The van der Waals surface area contributed by atoms with Crippen LogP contribution in [-0.2, 0) is 10.0 Å². The summed E-state index contributed by atoms with van der Waals surface area (Å²) in [6.45, 7) is 5.40. The van der Waals surface area contributed by atoms with E-state index in [1.54, 1.807) is 38.3 Å². The quantitative estimate of drug-likeness (QED) is 0.564. The van der Waals surface area contributed by atoms with E-state index in [-0.39, 0.29) is 22.4 Å². The molecule has 1 amide bonds. The van der Waals surface area contributed by atoms with Gasteiger partial charge in [-0.25, -0.2) is 8.42 Å². The lowest BCUT2D eigenvalue weighted by atomic mass is 10.1. The zero-order chi connectivity index (χ0) is 22.6. The number of ether oxygens (including phenoxy) is 1. The molecule has 162 valence electrons. The summed E-state index contributed by atoms with van der Waals surface area (Å²) >= 11 is 0. The molecule has 7 heteroatoms. The Morgan fingerprint density at radius 1 is 0.935 bits per heavy atom. The van der Waals surface area contributed by atoms with Crippen LogP contribution >= 0.6 is 0 Å². The van der Waals surface area contributed by atoms with Gasteiger partial charge in [0.1, 0.15) is 5.75 Å². The third kappa shape index (κ3) is 5.24. The monoisotopic (exact) mass is 438 g/mol. The molecule has 0 aromatic heterocycles. The van der Waals surface area contributed by atoms with Crippen LogP contribution in [0.25, 0.3) is 0 Å². The van der Waals surface area contributed by atoms with Crippen molar-refractivity contribution < 1.29 is 17.9 Å². The molecule has 0 saturated carbocycles. The zero-order valence-corrected chi connectivity index (χ0v) is 18.8. The van der Waals surface area contributed by atoms with Crippen LogP contribution in [0.1, 0.15) is 40.0 Å². The van der Waals surface area contributed by atoms with Gasteiger partial charge in [-0.05, 0) is 67.8 Å². The largest absolute Gasteiger partial charge is 0.497 e. The summed E-state index contributed by atoms with van der Waals surface area (Å²) < 4.78 is 33.8. The lowest BCUT2D eigenvalue weighted by molar-refractivity contribution is 0.0939. The normalized spacial score (nSPS) is 12.1. The van der Waals surface area contributed by atoms with E-state index in [1.807, 2.05) is 50.2 Å².